The van der Waals surface area contributed by atoms with Crippen LogP contribution >= 0.6 is 0 Å². The number of likely N-dealkylation sites (tertiary alicyclic amines) is 1. The van der Waals surface area contributed by atoms with E-state index in [9.17, 15) is 4.39 Å². The number of nitrogens with zero attached hydrogens (tertiary/aromatic N) is 1. The van der Waals surface area contributed by atoms with Crippen LogP contribution in [0.2, 0.25) is 0 Å². The molecule has 1 heterocycles. The molecule has 5 heteroatoms. The lowest BCUT2D eigenvalue weighted by Crippen LogP contribution is -2.36. The summed E-state index contributed by atoms with van der Waals surface area (Å²) in [5, 5.41) is 6.30. The Morgan fingerprint density at radius 3 is 2.82 bits per heavy atom. The normalized spacial score (nSPS) is 30.7. The summed E-state index contributed by atoms with van der Waals surface area (Å²) in [5.74, 6) is 1.89. The Bertz CT molecular complexity index is 574. The number of rotatable bonds is 5. The standard InChI is InChI=1S/C17H25FN4/c1-20-9-16(21-2)22-8-7-12-14(10-22)17(12,11-19)13-5-3-4-6-15(13)18/h3-6,9,12,14,20-21H,7-8,10-11,19H2,1-2H3/b16-9+/t12-,14?,17-/m1/s1. The predicted octanol–water partition coefficient (Wildman–Crippen LogP) is 1.21. The average Bonchev–Trinajstić information content (AvgIpc) is 3.20. The van der Waals surface area contributed by atoms with Crippen molar-refractivity contribution in [2.45, 2.75) is 11.8 Å². The van der Waals surface area contributed by atoms with Crippen molar-refractivity contribution in [2.24, 2.45) is 17.6 Å². The van der Waals surface area contributed by atoms with Gasteiger partial charge in [0.2, 0.25) is 0 Å². The van der Waals surface area contributed by atoms with Crippen LogP contribution in [0.1, 0.15) is 12.0 Å². The molecule has 22 heavy (non-hydrogen) atoms. The van der Waals surface area contributed by atoms with Crippen molar-refractivity contribution in [3.8, 4) is 0 Å². The average molecular weight is 304 g/mol. The molecule has 2 aliphatic rings. The van der Waals surface area contributed by atoms with Crippen LogP contribution in [-0.4, -0.2) is 38.6 Å². The molecular formula is C17H25FN4. The Kier molecular flexibility index (Phi) is 4.00. The number of halogens is 1. The molecule has 4 nitrogen and oxygen atoms in total. The van der Waals surface area contributed by atoms with E-state index in [-0.39, 0.29) is 11.2 Å². The summed E-state index contributed by atoms with van der Waals surface area (Å²) in [6.07, 6.45) is 3.02. The van der Waals surface area contributed by atoms with Crippen molar-refractivity contribution in [1.29, 1.82) is 0 Å². The molecule has 1 aromatic rings. The van der Waals surface area contributed by atoms with Crippen LogP contribution in [0, 0.1) is 17.7 Å². The molecule has 1 aliphatic heterocycles. The van der Waals surface area contributed by atoms with Gasteiger partial charge in [-0.3, -0.25) is 0 Å². The Morgan fingerprint density at radius 1 is 1.41 bits per heavy atom. The number of nitrogens with two attached hydrogens (primary N) is 1. The fourth-order valence-corrected chi connectivity index (χ4v) is 4.31. The highest BCUT2D eigenvalue weighted by Gasteiger charge is 2.66. The van der Waals surface area contributed by atoms with Gasteiger partial charge in [0, 0.05) is 45.3 Å². The monoisotopic (exact) mass is 304 g/mol. The summed E-state index contributed by atoms with van der Waals surface area (Å²) in [4.78, 5) is 2.33. The first-order valence-corrected chi connectivity index (χ1v) is 7.94. The fraction of sp³-hybridized carbons (Fsp3) is 0.529. The summed E-state index contributed by atoms with van der Waals surface area (Å²) in [7, 11) is 3.82. The zero-order valence-corrected chi connectivity index (χ0v) is 13.3. The molecular weight excluding hydrogens is 279 g/mol. The van der Waals surface area contributed by atoms with Crippen molar-refractivity contribution in [2.75, 3.05) is 33.7 Å². The van der Waals surface area contributed by atoms with E-state index >= 15 is 0 Å². The molecule has 0 spiro atoms. The van der Waals surface area contributed by atoms with Crippen LogP contribution in [0.3, 0.4) is 0 Å². The van der Waals surface area contributed by atoms with E-state index in [4.69, 9.17) is 5.73 Å². The third kappa shape index (κ3) is 2.15. The van der Waals surface area contributed by atoms with E-state index in [1.807, 2.05) is 32.4 Å². The quantitative estimate of drug-likeness (QED) is 0.765. The van der Waals surface area contributed by atoms with Crippen molar-refractivity contribution < 1.29 is 4.39 Å². The molecule has 2 fully saturated rings. The maximum atomic E-state index is 14.3. The second-order valence-corrected chi connectivity index (χ2v) is 6.24. The van der Waals surface area contributed by atoms with E-state index in [0.717, 1.165) is 30.9 Å². The van der Waals surface area contributed by atoms with Gasteiger partial charge in [-0.2, -0.15) is 0 Å². The van der Waals surface area contributed by atoms with Gasteiger partial charge in [0.05, 0.1) is 0 Å². The van der Waals surface area contributed by atoms with Gasteiger partial charge in [-0.15, -0.1) is 0 Å². The molecule has 0 radical (unpaired) electrons. The Balaban J connectivity index is 1.85. The molecule has 1 aliphatic carbocycles. The van der Waals surface area contributed by atoms with Crippen LogP contribution in [0.4, 0.5) is 4.39 Å². The number of fused-ring (bicyclic) bond motifs is 1. The number of piperidine rings is 1. The Hall–Kier alpha value is -1.75. The molecule has 1 saturated heterocycles. The lowest BCUT2D eigenvalue weighted by molar-refractivity contribution is 0.259. The number of benzene rings is 1. The SMILES string of the molecule is CN/C=C(\NC)N1CC[C@@H]2C(C1)[C@@]2(CN)c1ccccc1F. The Morgan fingerprint density at radius 2 is 2.18 bits per heavy atom. The van der Waals surface area contributed by atoms with Crippen molar-refractivity contribution in [3.05, 3.63) is 47.7 Å². The van der Waals surface area contributed by atoms with Crippen molar-refractivity contribution in [3.63, 3.8) is 0 Å². The van der Waals surface area contributed by atoms with Crippen molar-refractivity contribution in [1.82, 2.24) is 15.5 Å². The van der Waals surface area contributed by atoms with Gasteiger partial charge in [-0.25, -0.2) is 4.39 Å². The summed E-state index contributed by atoms with van der Waals surface area (Å²) in [6, 6.07) is 7.12. The highest BCUT2D eigenvalue weighted by Crippen LogP contribution is 2.63. The highest BCUT2D eigenvalue weighted by atomic mass is 19.1. The number of nitrogens with one attached hydrogen (secondary N) is 2. The molecule has 3 atom stereocenters. The fourth-order valence-electron chi connectivity index (χ4n) is 4.31. The number of hydrogen-bond donors (Lipinski definition) is 3. The highest BCUT2D eigenvalue weighted by molar-refractivity contribution is 5.39. The van der Waals surface area contributed by atoms with Gasteiger partial charge in [-0.1, -0.05) is 18.2 Å². The topological polar surface area (TPSA) is 53.3 Å². The summed E-state index contributed by atoms with van der Waals surface area (Å²) >= 11 is 0. The second-order valence-electron chi connectivity index (χ2n) is 6.24. The molecule has 120 valence electrons. The van der Waals surface area contributed by atoms with Gasteiger partial charge in [0.25, 0.3) is 0 Å². The molecule has 1 unspecified atom stereocenters. The minimum Gasteiger partial charge on any atom is -0.391 e. The second kappa shape index (κ2) is 5.80. The summed E-state index contributed by atoms with van der Waals surface area (Å²) in [5.41, 5.74) is 6.74. The van der Waals surface area contributed by atoms with Crippen LogP contribution in [0.5, 0.6) is 0 Å². The van der Waals surface area contributed by atoms with Crippen LogP contribution < -0.4 is 16.4 Å². The molecule has 3 rings (SSSR count). The van der Waals surface area contributed by atoms with E-state index < -0.39 is 0 Å². The summed E-state index contributed by atoms with van der Waals surface area (Å²) < 4.78 is 14.3. The zero-order valence-electron chi connectivity index (χ0n) is 13.3. The van der Waals surface area contributed by atoms with Gasteiger partial charge >= 0.3 is 0 Å². The predicted molar refractivity (Wildman–Crippen MR) is 86.5 cm³/mol. The molecule has 1 saturated carbocycles. The lowest BCUT2D eigenvalue weighted by Gasteiger charge is -2.30. The molecule has 0 amide bonds. The van der Waals surface area contributed by atoms with Gasteiger partial charge < -0.3 is 21.3 Å². The maximum Gasteiger partial charge on any atom is 0.127 e. The number of hydrogen-bond acceptors (Lipinski definition) is 4. The van der Waals surface area contributed by atoms with E-state index in [2.05, 4.69) is 15.5 Å². The minimum absolute atomic E-state index is 0.117. The molecule has 1 aromatic carbocycles. The minimum atomic E-state index is -0.182. The van der Waals surface area contributed by atoms with Gasteiger partial charge in [0.15, 0.2) is 0 Å². The van der Waals surface area contributed by atoms with Gasteiger partial charge in [-0.05, 0) is 29.9 Å². The van der Waals surface area contributed by atoms with E-state index in [1.165, 1.54) is 0 Å². The lowest BCUT2D eigenvalue weighted by atomic mass is 9.91. The van der Waals surface area contributed by atoms with E-state index in [1.54, 1.807) is 12.1 Å². The first kappa shape index (κ1) is 15.2. The Labute approximate surface area is 131 Å². The van der Waals surface area contributed by atoms with E-state index in [0.29, 0.717) is 18.4 Å². The molecule has 0 bridgehead atoms. The van der Waals surface area contributed by atoms with Crippen LogP contribution in [0.25, 0.3) is 0 Å². The first-order valence-electron chi connectivity index (χ1n) is 7.94. The largest absolute Gasteiger partial charge is 0.391 e. The van der Waals surface area contributed by atoms with Crippen LogP contribution in [0.15, 0.2) is 36.3 Å². The third-order valence-electron chi connectivity index (χ3n) is 5.42. The van der Waals surface area contributed by atoms with Crippen LogP contribution in [-0.2, 0) is 5.41 Å². The van der Waals surface area contributed by atoms with Crippen molar-refractivity contribution >= 4 is 0 Å². The molecule has 0 aromatic heterocycles. The first-order chi connectivity index (χ1) is 10.7. The molecule has 4 N–H and O–H groups in total. The van der Waals surface area contributed by atoms with Gasteiger partial charge in [0.1, 0.15) is 11.6 Å². The maximum absolute atomic E-state index is 14.3. The summed E-state index contributed by atoms with van der Waals surface area (Å²) in [6.45, 7) is 2.41. The zero-order chi connectivity index (χ0) is 15.7. The third-order valence-corrected chi connectivity index (χ3v) is 5.42. The smallest absolute Gasteiger partial charge is 0.127 e.